The van der Waals surface area contributed by atoms with Crippen LogP contribution in [0.2, 0.25) is 0 Å². The first-order valence-electron chi connectivity index (χ1n) is 10.5. The van der Waals surface area contributed by atoms with E-state index in [9.17, 15) is 13.2 Å². The minimum absolute atomic E-state index is 0.297. The minimum Gasteiger partial charge on any atom is -0.493 e. The topological polar surface area (TPSA) is 88.2 Å². The first-order chi connectivity index (χ1) is 15.2. The predicted molar refractivity (Wildman–Crippen MR) is 128 cm³/mol. The van der Waals surface area contributed by atoms with E-state index in [1.54, 1.807) is 19.1 Å². The van der Waals surface area contributed by atoms with Crippen LogP contribution >= 0.6 is 0 Å². The third-order valence-corrected chi connectivity index (χ3v) is 6.48. The number of amides is 1. The number of carbonyl (C=O) groups is 1. The van der Waals surface area contributed by atoms with Crippen LogP contribution in [0.4, 0.5) is 11.4 Å². The monoisotopic (exact) mass is 463 g/mol. The fourth-order valence-corrected chi connectivity index (χ4v) is 4.69. The molecule has 0 unspecified atom stereocenters. The average Bonchev–Trinajstić information content (AvgIpc) is 2.78. The number of sulfonamides is 1. The van der Waals surface area contributed by atoms with Crippen molar-refractivity contribution in [2.24, 2.45) is 0 Å². The average molecular weight is 464 g/mol. The van der Waals surface area contributed by atoms with Gasteiger partial charge in [-0.2, -0.15) is 0 Å². The normalized spacial score (nSPS) is 12.1. The zero-order valence-corrected chi connectivity index (χ0v) is 20.4. The molecule has 2 aromatic carbocycles. The van der Waals surface area contributed by atoms with Gasteiger partial charge in [-0.15, -0.1) is 0 Å². The molecule has 1 atom stereocenters. The van der Waals surface area contributed by atoms with Crippen molar-refractivity contribution in [1.29, 1.82) is 0 Å². The number of rotatable bonds is 11. The molecule has 9 heteroatoms. The van der Waals surface area contributed by atoms with Crippen LogP contribution in [0.5, 0.6) is 11.5 Å². The van der Waals surface area contributed by atoms with Gasteiger partial charge in [-0.05, 0) is 50.6 Å². The van der Waals surface area contributed by atoms with Crippen molar-refractivity contribution in [2.45, 2.75) is 33.4 Å². The number of nitrogens with zero attached hydrogens (tertiary/aromatic N) is 2. The van der Waals surface area contributed by atoms with Gasteiger partial charge in [-0.3, -0.25) is 9.10 Å². The summed E-state index contributed by atoms with van der Waals surface area (Å²) in [5.41, 5.74) is 2.37. The molecule has 0 bridgehead atoms. The molecule has 8 nitrogen and oxygen atoms in total. The van der Waals surface area contributed by atoms with Gasteiger partial charge in [0.25, 0.3) is 0 Å². The Kier molecular flexibility index (Phi) is 8.77. The summed E-state index contributed by atoms with van der Waals surface area (Å²) in [5, 5.41) is 2.83. The van der Waals surface area contributed by atoms with Crippen LogP contribution in [-0.2, 0) is 21.4 Å². The molecule has 0 saturated heterocycles. The lowest BCUT2D eigenvalue weighted by Crippen LogP contribution is -2.47. The second-order valence-corrected chi connectivity index (χ2v) is 9.19. The quantitative estimate of drug-likeness (QED) is 0.551. The number of methoxy groups -OCH3 is 2. The minimum atomic E-state index is -3.74. The number of anilines is 2. The Morgan fingerprint density at radius 2 is 1.53 bits per heavy atom. The second kappa shape index (κ2) is 11.1. The lowest BCUT2D eigenvalue weighted by atomic mass is 10.2. The fourth-order valence-electron chi connectivity index (χ4n) is 3.52. The molecule has 0 radical (unpaired) electrons. The first-order valence-corrected chi connectivity index (χ1v) is 12.3. The molecule has 0 fully saturated rings. The summed E-state index contributed by atoms with van der Waals surface area (Å²) >= 11 is 0. The Morgan fingerprint density at radius 1 is 0.969 bits per heavy atom. The van der Waals surface area contributed by atoms with Gasteiger partial charge < -0.3 is 19.7 Å². The van der Waals surface area contributed by atoms with E-state index >= 15 is 0 Å². The first kappa shape index (κ1) is 25.3. The van der Waals surface area contributed by atoms with Gasteiger partial charge in [0.2, 0.25) is 15.9 Å². The Morgan fingerprint density at radius 3 is 2.03 bits per heavy atom. The number of ether oxygens (including phenoxy) is 2. The van der Waals surface area contributed by atoms with Crippen LogP contribution in [0.25, 0.3) is 0 Å². The summed E-state index contributed by atoms with van der Waals surface area (Å²) in [6.07, 6.45) is 1.07. The highest BCUT2D eigenvalue weighted by atomic mass is 32.2. The largest absolute Gasteiger partial charge is 0.493 e. The number of carbonyl (C=O) groups excluding carboxylic acids is 1. The number of hydrogen-bond donors (Lipinski definition) is 1. The number of benzene rings is 2. The molecule has 32 heavy (non-hydrogen) atoms. The Balaban J connectivity index is 2.17. The van der Waals surface area contributed by atoms with E-state index in [-0.39, 0.29) is 0 Å². The summed E-state index contributed by atoms with van der Waals surface area (Å²) in [5.74, 6) is 0.438. The molecule has 0 aliphatic carbocycles. The molecule has 0 aromatic heterocycles. The zero-order valence-electron chi connectivity index (χ0n) is 19.6. The van der Waals surface area contributed by atoms with Crippen LogP contribution in [0.3, 0.4) is 0 Å². The molecule has 0 heterocycles. The lowest BCUT2D eigenvalue weighted by Gasteiger charge is -2.28. The maximum atomic E-state index is 12.8. The molecule has 0 aliphatic heterocycles. The van der Waals surface area contributed by atoms with E-state index < -0.39 is 22.0 Å². The number of nitrogens with one attached hydrogen (secondary N) is 1. The van der Waals surface area contributed by atoms with E-state index in [1.165, 1.54) is 20.3 Å². The highest BCUT2D eigenvalue weighted by Gasteiger charge is 2.29. The molecular weight excluding hydrogens is 430 g/mol. The van der Waals surface area contributed by atoms with Gasteiger partial charge in [0.1, 0.15) is 6.04 Å². The Hall–Kier alpha value is -2.94. The maximum absolute atomic E-state index is 12.8. The Bertz CT molecular complexity index is 1000. The molecular formula is C23H33N3O5S. The van der Waals surface area contributed by atoms with E-state index in [1.807, 2.05) is 24.3 Å². The number of hydrogen-bond acceptors (Lipinski definition) is 6. The fraction of sp³-hybridized carbons (Fsp3) is 0.435. The van der Waals surface area contributed by atoms with Crippen molar-refractivity contribution < 1.29 is 22.7 Å². The van der Waals surface area contributed by atoms with Crippen LogP contribution in [0, 0.1) is 0 Å². The summed E-state index contributed by atoms with van der Waals surface area (Å²) in [6.45, 7) is 7.89. The van der Waals surface area contributed by atoms with Gasteiger partial charge in [0, 0.05) is 31.4 Å². The van der Waals surface area contributed by atoms with Crippen LogP contribution in [0.15, 0.2) is 42.5 Å². The van der Waals surface area contributed by atoms with Crippen LogP contribution in [0.1, 0.15) is 26.3 Å². The summed E-state index contributed by atoms with van der Waals surface area (Å²) < 4.78 is 36.6. The Labute approximate surface area is 191 Å². The van der Waals surface area contributed by atoms with Crippen molar-refractivity contribution in [3.05, 3.63) is 48.0 Å². The maximum Gasteiger partial charge on any atom is 0.243 e. The zero-order chi connectivity index (χ0) is 23.9. The third-order valence-electron chi connectivity index (χ3n) is 5.24. The van der Waals surface area contributed by atoms with Crippen molar-refractivity contribution in [3.63, 3.8) is 0 Å². The summed E-state index contributed by atoms with van der Waals surface area (Å²) in [7, 11) is -0.777. The van der Waals surface area contributed by atoms with Crippen LogP contribution < -0.4 is 24.0 Å². The standard InChI is InChI=1S/C23H33N3O5S/c1-7-25(8-2)19-11-9-18(10-12-19)16-24-23(27)17(3)26(32(6,28)29)20-13-14-21(30-4)22(15-20)31-5/h9-15,17H,7-8,16H2,1-6H3,(H,24,27)/t17-/m0/s1. The predicted octanol–water partition coefficient (Wildman–Crippen LogP) is 3.02. The summed E-state index contributed by atoms with van der Waals surface area (Å²) in [4.78, 5) is 15.1. The van der Waals surface area contributed by atoms with Gasteiger partial charge in [0.05, 0.1) is 26.2 Å². The van der Waals surface area contributed by atoms with Crippen molar-refractivity contribution >= 4 is 27.3 Å². The van der Waals surface area contributed by atoms with E-state index in [4.69, 9.17) is 9.47 Å². The van der Waals surface area contributed by atoms with Crippen molar-refractivity contribution in [1.82, 2.24) is 5.32 Å². The van der Waals surface area contributed by atoms with Crippen LogP contribution in [-0.4, -0.2) is 53.9 Å². The molecule has 2 rings (SSSR count). The molecule has 1 amide bonds. The van der Waals surface area contributed by atoms with E-state index in [2.05, 4.69) is 24.1 Å². The summed E-state index contributed by atoms with van der Waals surface area (Å²) in [6, 6.07) is 11.7. The van der Waals surface area contributed by atoms with Gasteiger partial charge in [-0.25, -0.2) is 8.42 Å². The molecule has 0 saturated carbocycles. The van der Waals surface area contributed by atoms with Gasteiger partial charge in [0.15, 0.2) is 11.5 Å². The van der Waals surface area contributed by atoms with Crippen molar-refractivity contribution in [3.8, 4) is 11.5 Å². The van der Waals surface area contributed by atoms with Gasteiger partial charge in [-0.1, -0.05) is 12.1 Å². The second-order valence-electron chi connectivity index (χ2n) is 7.33. The lowest BCUT2D eigenvalue weighted by molar-refractivity contribution is -0.122. The highest BCUT2D eigenvalue weighted by Crippen LogP contribution is 2.33. The highest BCUT2D eigenvalue weighted by molar-refractivity contribution is 7.92. The SMILES string of the molecule is CCN(CC)c1ccc(CNC(=O)[C@H](C)N(c2ccc(OC)c(OC)c2)S(C)(=O)=O)cc1. The smallest absolute Gasteiger partial charge is 0.243 e. The van der Waals surface area contributed by atoms with E-state index in [0.29, 0.717) is 23.7 Å². The molecule has 2 aromatic rings. The molecule has 0 spiro atoms. The van der Waals surface area contributed by atoms with Crippen molar-refractivity contribution in [2.75, 3.05) is 42.8 Å². The van der Waals surface area contributed by atoms with E-state index in [0.717, 1.165) is 34.9 Å². The molecule has 0 aliphatic rings. The molecule has 1 N–H and O–H groups in total. The molecule has 176 valence electrons. The third kappa shape index (κ3) is 6.06. The van der Waals surface area contributed by atoms with Gasteiger partial charge >= 0.3 is 0 Å².